The van der Waals surface area contributed by atoms with E-state index >= 15 is 0 Å². The molecule has 0 aromatic carbocycles. The maximum absolute atomic E-state index is 12.7. The molecule has 0 fully saturated rings. The smallest absolute Gasteiger partial charge is 0.306 e. The lowest BCUT2D eigenvalue weighted by molar-refractivity contribution is -0.167. The molecular weight excluding hydrogens is 757 g/mol. The van der Waals surface area contributed by atoms with Crippen molar-refractivity contribution in [3.05, 3.63) is 134 Å². The van der Waals surface area contributed by atoms with Gasteiger partial charge in [-0.05, 0) is 83.5 Å². The first-order valence-corrected chi connectivity index (χ1v) is 23.8. The van der Waals surface area contributed by atoms with Crippen LogP contribution in [0.5, 0.6) is 0 Å². The molecule has 0 radical (unpaired) electrons. The van der Waals surface area contributed by atoms with Gasteiger partial charge in [-0.3, -0.25) is 14.4 Å². The number of ether oxygens (including phenoxy) is 3. The Balaban J connectivity index is 4.57. The number of hydrogen-bond acceptors (Lipinski definition) is 6. The van der Waals surface area contributed by atoms with Gasteiger partial charge in [-0.15, -0.1) is 0 Å². The van der Waals surface area contributed by atoms with Crippen molar-refractivity contribution >= 4 is 17.9 Å². The van der Waals surface area contributed by atoms with Crippen molar-refractivity contribution < 1.29 is 28.6 Å². The third-order valence-corrected chi connectivity index (χ3v) is 9.34. The van der Waals surface area contributed by atoms with E-state index in [0.717, 1.165) is 77.0 Å². The SMILES string of the molecule is CC\C=C/C=C\C=C/C=C\C=C/CCCC(=O)OC(COC(=O)CCCCC\C=C/C=C\C=C/C=C\CC)COC(=O)CCCCCCCCC/C=C\C/C=C\CCCCC. The van der Waals surface area contributed by atoms with Gasteiger partial charge in [0, 0.05) is 19.3 Å². The third-order valence-electron chi connectivity index (χ3n) is 9.34. The minimum atomic E-state index is -0.838. The molecule has 1 atom stereocenters. The Labute approximate surface area is 373 Å². The Hall–Kier alpha value is -4.45. The van der Waals surface area contributed by atoms with Crippen LogP contribution in [0.1, 0.15) is 175 Å². The number of rotatable bonds is 40. The Kier molecular flexibility index (Phi) is 44.7. The van der Waals surface area contributed by atoms with Crippen LogP contribution in [0.15, 0.2) is 134 Å². The van der Waals surface area contributed by atoms with Crippen LogP contribution >= 0.6 is 0 Å². The van der Waals surface area contributed by atoms with Crippen LogP contribution in [0.4, 0.5) is 0 Å². The lowest BCUT2D eigenvalue weighted by atomic mass is 10.1. The molecule has 0 aliphatic rings. The summed E-state index contributed by atoms with van der Waals surface area (Å²) in [4.78, 5) is 37.8. The minimum absolute atomic E-state index is 0.129. The second-order valence-corrected chi connectivity index (χ2v) is 15.1. The fraction of sp³-hybridized carbons (Fsp3) is 0.545. The second kappa shape index (κ2) is 48.2. The average molecular weight is 841 g/mol. The predicted molar refractivity (Wildman–Crippen MR) is 260 cm³/mol. The maximum Gasteiger partial charge on any atom is 0.306 e. The molecule has 6 nitrogen and oxygen atoms in total. The number of allylic oxidation sites excluding steroid dienone is 22. The van der Waals surface area contributed by atoms with Crippen molar-refractivity contribution in [2.24, 2.45) is 0 Å². The summed E-state index contributed by atoms with van der Waals surface area (Å²) in [6.45, 7) is 6.19. The zero-order valence-electron chi connectivity index (χ0n) is 38.6. The van der Waals surface area contributed by atoms with Gasteiger partial charge in [-0.2, -0.15) is 0 Å². The maximum atomic E-state index is 12.7. The van der Waals surface area contributed by atoms with Crippen LogP contribution < -0.4 is 0 Å². The molecule has 340 valence electrons. The molecule has 0 aromatic rings. The van der Waals surface area contributed by atoms with E-state index in [0.29, 0.717) is 12.8 Å². The number of esters is 3. The summed E-state index contributed by atoms with van der Waals surface area (Å²) in [5.74, 6) is -1.07. The standard InChI is InChI=1S/C55H84O6/c1-4-7-10-13-16-19-22-25-26-27-28-31-33-36-39-42-45-48-54(57)60-51-52(61-55(58)49-46-43-40-37-34-30-24-21-18-15-12-9-6-3)50-59-53(56)47-44-41-38-35-32-29-23-20-17-14-11-8-5-2/h8-9,11-12,14-21,23-26,29-30,32,34,37,40,52H,4-7,10,13,22,27-28,31,33,35-36,38-39,41-51H2,1-3H3/b11-8-,12-9-,17-14-,18-15-,19-16-,23-20-,24-21-,26-25-,32-29-,34-30-,40-37-. The van der Waals surface area contributed by atoms with E-state index in [-0.39, 0.29) is 38.0 Å². The third kappa shape index (κ3) is 46.5. The molecule has 0 N–H and O–H groups in total. The van der Waals surface area contributed by atoms with Gasteiger partial charge in [0.05, 0.1) is 0 Å². The van der Waals surface area contributed by atoms with Crippen LogP contribution in [-0.4, -0.2) is 37.2 Å². The molecule has 6 heteroatoms. The molecular formula is C55H84O6. The molecule has 0 aliphatic carbocycles. The van der Waals surface area contributed by atoms with E-state index in [1.807, 2.05) is 91.1 Å². The summed E-state index contributed by atoms with van der Waals surface area (Å²) in [6.07, 6.45) is 67.3. The first-order chi connectivity index (χ1) is 30.0. The quantitative estimate of drug-likeness (QED) is 0.0201. The summed E-state index contributed by atoms with van der Waals surface area (Å²) < 4.78 is 16.6. The monoisotopic (exact) mass is 841 g/mol. The number of carbonyl (C=O) groups excluding carboxylic acids is 3. The molecule has 61 heavy (non-hydrogen) atoms. The summed E-state index contributed by atoms with van der Waals surface area (Å²) in [7, 11) is 0. The van der Waals surface area contributed by atoms with E-state index in [2.05, 4.69) is 63.3 Å². The molecule has 0 amide bonds. The first kappa shape index (κ1) is 56.5. The highest BCUT2D eigenvalue weighted by atomic mass is 16.6. The van der Waals surface area contributed by atoms with E-state index in [4.69, 9.17) is 14.2 Å². The Morgan fingerprint density at radius 1 is 0.361 bits per heavy atom. The Morgan fingerprint density at radius 2 is 0.721 bits per heavy atom. The molecule has 0 aromatic heterocycles. The zero-order valence-corrected chi connectivity index (χ0v) is 38.6. The van der Waals surface area contributed by atoms with Crippen molar-refractivity contribution in [1.29, 1.82) is 0 Å². The molecule has 0 aliphatic heterocycles. The molecule has 0 rings (SSSR count). The van der Waals surface area contributed by atoms with E-state index < -0.39 is 12.1 Å². The van der Waals surface area contributed by atoms with Crippen LogP contribution in [-0.2, 0) is 28.6 Å². The van der Waals surface area contributed by atoms with Gasteiger partial charge in [0.15, 0.2) is 6.10 Å². The lowest BCUT2D eigenvalue weighted by Gasteiger charge is -2.18. The fourth-order valence-corrected chi connectivity index (χ4v) is 5.80. The normalized spacial score (nSPS) is 13.3. The van der Waals surface area contributed by atoms with Crippen LogP contribution in [0.2, 0.25) is 0 Å². The molecule has 0 bridgehead atoms. The summed E-state index contributed by atoms with van der Waals surface area (Å²) in [6, 6.07) is 0. The summed E-state index contributed by atoms with van der Waals surface area (Å²) in [5.41, 5.74) is 0. The number of unbranched alkanes of at least 4 members (excludes halogenated alkanes) is 14. The highest BCUT2D eigenvalue weighted by Crippen LogP contribution is 2.12. The van der Waals surface area contributed by atoms with E-state index in [9.17, 15) is 14.4 Å². The number of hydrogen-bond donors (Lipinski definition) is 0. The lowest BCUT2D eigenvalue weighted by Crippen LogP contribution is -2.30. The highest BCUT2D eigenvalue weighted by Gasteiger charge is 2.19. The van der Waals surface area contributed by atoms with Crippen LogP contribution in [0.25, 0.3) is 0 Å². The van der Waals surface area contributed by atoms with Crippen molar-refractivity contribution in [3.63, 3.8) is 0 Å². The second-order valence-electron chi connectivity index (χ2n) is 15.1. The van der Waals surface area contributed by atoms with Gasteiger partial charge < -0.3 is 14.2 Å². The average Bonchev–Trinajstić information content (AvgIpc) is 3.26. The summed E-state index contributed by atoms with van der Waals surface area (Å²) in [5, 5.41) is 0. The predicted octanol–water partition coefficient (Wildman–Crippen LogP) is 15.5. The molecule has 0 heterocycles. The topological polar surface area (TPSA) is 78.9 Å². The van der Waals surface area contributed by atoms with Crippen molar-refractivity contribution in [2.45, 2.75) is 181 Å². The minimum Gasteiger partial charge on any atom is -0.462 e. The van der Waals surface area contributed by atoms with Crippen molar-refractivity contribution in [3.8, 4) is 0 Å². The Bertz CT molecular complexity index is 1380. The van der Waals surface area contributed by atoms with Gasteiger partial charge in [-0.1, -0.05) is 206 Å². The van der Waals surface area contributed by atoms with Crippen molar-refractivity contribution in [2.75, 3.05) is 13.2 Å². The zero-order chi connectivity index (χ0) is 44.4. The van der Waals surface area contributed by atoms with Crippen molar-refractivity contribution in [1.82, 2.24) is 0 Å². The van der Waals surface area contributed by atoms with Gasteiger partial charge >= 0.3 is 17.9 Å². The summed E-state index contributed by atoms with van der Waals surface area (Å²) >= 11 is 0. The van der Waals surface area contributed by atoms with Gasteiger partial charge in [0.25, 0.3) is 0 Å². The largest absolute Gasteiger partial charge is 0.462 e. The Morgan fingerprint density at radius 3 is 1.20 bits per heavy atom. The molecule has 0 spiro atoms. The van der Waals surface area contributed by atoms with E-state index in [1.165, 1.54) is 51.4 Å². The molecule has 0 saturated heterocycles. The molecule has 0 saturated carbocycles. The molecule has 1 unspecified atom stereocenters. The van der Waals surface area contributed by atoms with E-state index in [1.54, 1.807) is 0 Å². The van der Waals surface area contributed by atoms with Crippen LogP contribution in [0.3, 0.4) is 0 Å². The van der Waals surface area contributed by atoms with Gasteiger partial charge in [-0.25, -0.2) is 0 Å². The van der Waals surface area contributed by atoms with Gasteiger partial charge in [0.2, 0.25) is 0 Å². The first-order valence-electron chi connectivity index (χ1n) is 23.8. The fourth-order valence-electron chi connectivity index (χ4n) is 5.80. The highest BCUT2D eigenvalue weighted by molar-refractivity contribution is 5.71. The number of carbonyl (C=O) groups is 3. The van der Waals surface area contributed by atoms with Crippen LogP contribution in [0, 0.1) is 0 Å². The van der Waals surface area contributed by atoms with Gasteiger partial charge in [0.1, 0.15) is 13.2 Å².